The molecule has 1 aliphatic heterocycles. The molecule has 3 aromatic rings. The molecule has 5 heteroatoms. The lowest BCUT2D eigenvalue weighted by molar-refractivity contribution is 0.0988. The fourth-order valence-electron chi connectivity index (χ4n) is 3.34. The van der Waals surface area contributed by atoms with Gasteiger partial charge in [-0.1, -0.05) is 24.3 Å². The van der Waals surface area contributed by atoms with Gasteiger partial charge in [0.1, 0.15) is 0 Å². The third kappa shape index (κ3) is 3.31. The van der Waals surface area contributed by atoms with E-state index in [2.05, 4.69) is 10.3 Å². The first-order valence-corrected chi connectivity index (χ1v) is 8.85. The molecule has 5 nitrogen and oxygen atoms in total. The number of aryl methyl sites for hydroxylation is 1. The molecule has 2 aromatic carbocycles. The quantitative estimate of drug-likeness (QED) is 0.774. The molecule has 1 N–H and O–H groups in total. The number of nitrogens with zero attached hydrogens (tertiary/aromatic N) is 2. The molecule has 27 heavy (non-hydrogen) atoms. The Bertz CT molecular complexity index is 1020. The monoisotopic (exact) mass is 357 g/mol. The summed E-state index contributed by atoms with van der Waals surface area (Å²) in [6.45, 7) is 2.54. The normalized spacial score (nSPS) is 12.6. The van der Waals surface area contributed by atoms with Gasteiger partial charge < -0.3 is 10.2 Å². The number of carbonyl (C=O) groups is 2. The Labute approximate surface area is 157 Å². The zero-order valence-electron chi connectivity index (χ0n) is 15.0. The van der Waals surface area contributed by atoms with Gasteiger partial charge >= 0.3 is 0 Å². The Hall–Kier alpha value is -3.47. The minimum Gasteiger partial charge on any atom is -0.322 e. The van der Waals surface area contributed by atoms with Crippen molar-refractivity contribution in [3.8, 4) is 0 Å². The van der Waals surface area contributed by atoms with Crippen molar-refractivity contribution in [2.24, 2.45) is 0 Å². The smallest absolute Gasteiger partial charge is 0.258 e. The fourth-order valence-corrected chi connectivity index (χ4v) is 3.34. The van der Waals surface area contributed by atoms with E-state index in [1.54, 1.807) is 35.5 Å². The summed E-state index contributed by atoms with van der Waals surface area (Å²) >= 11 is 0. The van der Waals surface area contributed by atoms with Crippen LogP contribution in [0.5, 0.6) is 0 Å². The van der Waals surface area contributed by atoms with Crippen LogP contribution in [0.15, 0.2) is 67.0 Å². The number of rotatable bonds is 3. The largest absolute Gasteiger partial charge is 0.322 e. The van der Waals surface area contributed by atoms with E-state index in [1.807, 2.05) is 43.3 Å². The predicted octanol–water partition coefficient (Wildman–Crippen LogP) is 3.85. The molecule has 0 unspecified atom stereocenters. The fraction of sp³-hybridized carbons (Fsp3) is 0.136. The molecule has 0 bridgehead atoms. The number of carbonyl (C=O) groups excluding carboxylic acids is 2. The van der Waals surface area contributed by atoms with Crippen LogP contribution in [0.1, 0.15) is 31.8 Å². The molecule has 0 spiro atoms. The summed E-state index contributed by atoms with van der Waals surface area (Å²) in [6, 6.07) is 16.6. The third-order valence-corrected chi connectivity index (χ3v) is 4.80. The molecule has 0 atom stereocenters. The molecule has 0 saturated carbocycles. The van der Waals surface area contributed by atoms with E-state index in [0.717, 1.165) is 23.2 Å². The molecule has 2 heterocycles. The van der Waals surface area contributed by atoms with Crippen LogP contribution in [0.2, 0.25) is 0 Å². The van der Waals surface area contributed by atoms with Gasteiger partial charge in [-0.05, 0) is 54.8 Å². The van der Waals surface area contributed by atoms with Gasteiger partial charge in [-0.3, -0.25) is 14.6 Å². The lowest BCUT2D eigenvalue weighted by Gasteiger charge is -2.18. The van der Waals surface area contributed by atoms with Gasteiger partial charge in [-0.15, -0.1) is 0 Å². The summed E-state index contributed by atoms with van der Waals surface area (Å²) in [5.74, 6) is -0.211. The Morgan fingerprint density at radius 1 is 1.04 bits per heavy atom. The number of benzene rings is 2. The van der Waals surface area contributed by atoms with Crippen LogP contribution in [0.3, 0.4) is 0 Å². The standard InChI is InChI=1S/C22H19N3O2/c1-15-4-2-3-5-19(15)21(26)24-18-7-6-16-10-13-25(20(16)14-18)22(27)17-8-11-23-12-9-17/h2-9,11-12,14H,10,13H2,1H3,(H,24,26). The van der Waals surface area contributed by atoms with Crippen LogP contribution < -0.4 is 10.2 Å². The van der Waals surface area contributed by atoms with Crippen molar-refractivity contribution in [1.82, 2.24) is 4.98 Å². The highest BCUT2D eigenvalue weighted by Gasteiger charge is 2.26. The van der Waals surface area contributed by atoms with E-state index in [4.69, 9.17) is 0 Å². The highest BCUT2D eigenvalue weighted by atomic mass is 16.2. The number of hydrogen-bond donors (Lipinski definition) is 1. The second kappa shape index (κ2) is 7.03. The van der Waals surface area contributed by atoms with E-state index in [0.29, 0.717) is 23.4 Å². The van der Waals surface area contributed by atoms with Crippen LogP contribution in [0.25, 0.3) is 0 Å². The molecule has 134 valence electrons. The van der Waals surface area contributed by atoms with E-state index < -0.39 is 0 Å². The summed E-state index contributed by atoms with van der Waals surface area (Å²) in [5, 5.41) is 2.94. The molecule has 0 aliphatic carbocycles. The average Bonchev–Trinajstić information content (AvgIpc) is 3.11. The number of anilines is 2. The molecule has 0 fully saturated rings. The minimum absolute atomic E-state index is 0.0569. The van der Waals surface area contributed by atoms with Gasteiger partial charge in [0, 0.05) is 41.4 Å². The summed E-state index contributed by atoms with van der Waals surface area (Å²) in [4.78, 5) is 31.1. The van der Waals surface area contributed by atoms with Crippen molar-refractivity contribution in [2.45, 2.75) is 13.3 Å². The van der Waals surface area contributed by atoms with Crippen LogP contribution in [-0.4, -0.2) is 23.3 Å². The van der Waals surface area contributed by atoms with Crippen molar-refractivity contribution >= 4 is 23.2 Å². The molecular formula is C22H19N3O2. The SMILES string of the molecule is Cc1ccccc1C(=O)Nc1ccc2c(c1)N(C(=O)c1ccncc1)CC2. The summed E-state index contributed by atoms with van der Waals surface area (Å²) in [6.07, 6.45) is 4.03. The van der Waals surface area contributed by atoms with Crippen LogP contribution in [0, 0.1) is 6.92 Å². The molecule has 1 aliphatic rings. The molecule has 2 amide bonds. The number of nitrogens with one attached hydrogen (secondary N) is 1. The number of hydrogen-bond acceptors (Lipinski definition) is 3. The minimum atomic E-state index is -0.155. The number of aromatic nitrogens is 1. The Morgan fingerprint density at radius 3 is 2.59 bits per heavy atom. The molecule has 0 saturated heterocycles. The van der Waals surface area contributed by atoms with Gasteiger partial charge in [0.05, 0.1) is 0 Å². The van der Waals surface area contributed by atoms with Crippen molar-refractivity contribution in [2.75, 3.05) is 16.8 Å². The second-order valence-electron chi connectivity index (χ2n) is 6.56. The van der Waals surface area contributed by atoms with E-state index in [9.17, 15) is 9.59 Å². The van der Waals surface area contributed by atoms with Crippen molar-refractivity contribution in [3.63, 3.8) is 0 Å². The van der Waals surface area contributed by atoms with Crippen LogP contribution in [-0.2, 0) is 6.42 Å². The van der Waals surface area contributed by atoms with Gasteiger partial charge in [-0.25, -0.2) is 0 Å². The first-order chi connectivity index (χ1) is 13.1. The Morgan fingerprint density at radius 2 is 1.81 bits per heavy atom. The van der Waals surface area contributed by atoms with Crippen molar-refractivity contribution < 1.29 is 9.59 Å². The highest BCUT2D eigenvalue weighted by molar-refractivity contribution is 6.08. The maximum atomic E-state index is 12.8. The van der Waals surface area contributed by atoms with E-state index >= 15 is 0 Å². The summed E-state index contributed by atoms with van der Waals surface area (Å²) in [7, 11) is 0. The molecular weight excluding hydrogens is 338 g/mol. The average molecular weight is 357 g/mol. The molecule has 1 aromatic heterocycles. The Balaban J connectivity index is 1.59. The Kier molecular flexibility index (Phi) is 4.42. The third-order valence-electron chi connectivity index (χ3n) is 4.80. The number of pyridine rings is 1. The van der Waals surface area contributed by atoms with Gasteiger partial charge in [0.15, 0.2) is 0 Å². The molecule has 4 rings (SSSR count). The summed E-state index contributed by atoms with van der Waals surface area (Å²) < 4.78 is 0. The zero-order chi connectivity index (χ0) is 18.8. The second-order valence-corrected chi connectivity index (χ2v) is 6.56. The zero-order valence-corrected chi connectivity index (χ0v) is 15.0. The predicted molar refractivity (Wildman–Crippen MR) is 105 cm³/mol. The van der Waals surface area contributed by atoms with Gasteiger partial charge in [-0.2, -0.15) is 0 Å². The topological polar surface area (TPSA) is 62.3 Å². The van der Waals surface area contributed by atoms with Crippen molar-refractivity contribution in [3.05, 3.63) is 89.2 Å². The lowest BCUT2D eigenvalue weighted by Crippen LogP contribution is -2.28. The lowest BCUT2D eigenvalue weighted by atomic mass is 10.1. The van der Waals surface area contributed by atoms with Gasteiger partial charge in [0.25, 0.3) is 11.8 Å². The molecule has 0 radical (unpaired) electrons. The highest BCUT2D eigenvalue weighted by Crippen LogP contribution is 2.32. The summed E-state index contributed by atoms with van der Waals surface area (Å²) in [5.41, 5.74) is 4.79. The van der Waals surface area contributed by atoms with Crippen LogP contribution >= 0.6 is 0 Å². The number of fused-ring (bicyclic) bond motifs is 1. The first-order valence-electron chi connectivity index (χ1n) is 8.85. The maximum Gasteiger partial charge on any atom is 0.258 e. The van der Waals surface area contributed by atoms with E-state index in [1.165, 1.54) is 0 Å². The van der Waals surface area contributed by atoms with Crippen LogP contribution in [0.4, 0.5) is 11.4 Å². The number of amides is 2. The van der Waals surface area contributed by atoms with E-state index in [-0.39, 0.29) is 11.8 Å². The first kappa shape index (κ1) is 17.0. The van der Waals surface area contributed by atoms with Gasteiger partial charge in [0.2, 0.25) is 0 Å². The van der Waals surface area contributed by atoms with Crippen molar-refractivity contribution in [1.29, 1.82) is 0 Å². The maximum absolute atomic E-state index is 12.8.